The summed E-state index contributed by atoms with van der Waals surface area (Å²) in [4.78, 5) is 23.9. The Kier molecular flexibility index (Phi) is 1.56. The van der Waals surface area contributed by atoms with E-state index in [-0.39, 0.29) is 18.0 Å². The number of hydrogen-bond donors (Lipinski definition) is 1. The topological polar surface area (TPSA) is 49.4 Å². The molecule has 1 atom stereocenters. The van der Waals surface area contributed by atoms with Crippen LogP contribution in [0.3, 0.4) is 0 Å². The normalized spacial score (nSPS) is 29.4. The Morgan fingerprint density at radius 1 is 1.50 bits per heavy atom. The zero-order valence-electron chi connectivity index (χ0n) is 7.04. The summed E-state index contributed by atoms with van der Waals surface area (Å²) in [5, 5.41) is 2.70. The third-order valence-electron chi connectivity index (χ3n) is 2.47. The minimum atomic E-state index is -0.223. The van der Waals surface area contributed by atoms with Crippen molar-refractivity contribution in [2.75, 3.05) is 6.54 Å². The Hall–Kier alpha value is -1.06. The van der Waals surface area contributed by atoms with Gasteiger partial charge >= 0.3 is 6.03 Å². The van der Waals surface area contributed by atoms with Crippen molar-refractivity contribution >= 4 is 11.9 Å². The lowest BCUT2D eigenvalue weighted by Crippen LogP contribution is -2.32. The zero-order chi connectivity index (χ0) is 8.72. The van der Waals surface area contributed by atoms with Crippen LogP contribution in [0.15, 0.2) is 0 Å². The highest BCUT2D eigenvalue weighted by Crippen LogP contribution is 2.35. The molecule has 2 fully saturated rings. The molecule has 1 aliphatic carbocycles. The van der Waals surface area contributed by atoms with Crippen molar-refractivity contribution in [2.45, 2.75) is 25.8 Å². The van der Waals surface area contributed by atoms with Crippen molar-refractivity contribution in [1.82, 2.24) is 10.2 Å². The van der Waals surface area contributed by atoms with Crippen LogP contribution >= 0.6 is 0 Å². The Morgan fingerprint density at radius 2 is 2.17 bits per heavy atom. The molecule has 0 spiro atoms. The molecule has 0 radical (unpaired) electrons. The number of hydrogen-bond acceptors (Lipinski definition) is 2. The number of imide groups is 1. The van der Waals surface area contributed by atoms with Gasteiger partial charge in [-0.2, -0.15) is 0 Å². The fourth-order valence-corrected chi connectivity index (χ4v) is 1.59. The summed E-state index contributed by atoms with van der Waals surface area (Å²) < 4.78 is 0. The predicted molar refractivity (Wildman–Crippen MR) is 42.4 cm³/mol. The first kappa shape index (κ1) is 7.58. The summed E-state index contributed by atoms with van der Waals surface area (Å²) in [6.45, 7) is 2.29. The van der Waals surface area contributed by atoms with Crippen LogP contribution in [0.4, 0.5) is 4.79 Å². The minimum Gasteiger partial charge on any atom is -0.326 e. The molecule has 4 heteroatoms. The van der Waals surface area contributed by atoms with Crippen LogP contribution in [-0.4, -0.2) is 29.4 Å². The fourth-order valence-electron chi connectivity index (χ4n) is 1.59. The third kappa shape index (κ3) is 0.983. The summed E-state index contributed by atoms with van der Waals surface area (Å²) in [5.74, 6) is 0.378. The fraction of sp³-hybridized carbons (Fsp3) is 0.750. The van der Waals surface area contributed by atoms with Gasteiger partial charge in [0, 0.05) is 6.54 Å². The molecule has 1 unspecified atom stereocenters. The van der Waals surface area contributed by atoms with Crippen molar-refractivity contribution < 1.29 is 9.59 Å². The van der Waals surface area contributed by atoms with Crippen LogP contribution in [0.25, 0.3) is 0 Å². The Bertz CT molecular complexity index is 235. The first-order chi connectivity index (χ1) is 5.74. The lowest BCUT2D eigenvalue weighted by molar-refractivity contribution is -0.127. The van der Waals surface area contributed by atoms with E-state index in [9.17, 15) is 9.59 Å². The molecule has 0 aromatic heterocycles. The van der Waals surface area contributed by atoms with Crippen molar-refractivity contribution in [3.05, 3.63) is 0 Å². The number of carbonyl (C=O) groups excluding carboxylic acids is 2. The Labute approximate surface area is 70.9 Å². The van der Waals surface area contributed by atoms with E-state index in [1.165, 1.54) is 4.90 Å². The third-order valence-corrected chi connectivity index (χ3v) is 2.47. The second-order valence-corrected chi connectivity index (χ2v) is 3.35. The number of nitrogens with zero attached hydrogens (tertiary/aromatic N) is 1. The Balaban J connectivity index is 2.11. The maximum Gasteiger partial charge on any atom is 0.324 e. The van der Waals surface area contributed by atoms with Gasteiger partial charge in [-0.25, -0.2) is 4.79 Å². The molecule has 4 nitrogen and oxygen atoms in total. The predicted octanol–water partition coefficient (Wildman–Crippen LogP) is 0.337. The van der Waals surface area contributed by atoms with Crippen molar-refractivity contribution in [3.63, 3.8) is 0 Å². The minimum absolute atomic E-state index is 0.0370. The molecule has 1 aliphatic heterocycles. The monoisotopic (exact) mass is 168 g/mol. The van der Waals surface area contributed by atoms with E-state index in [4.69, 9.17) is 0 Å². The molecule has 1 saturated carbocycles. The van der Waals surface area contributed by atoms with Crippen LogP contribution in [0, 0.1) is 5.92 Å². The van der Waals surface area contributed by atoms with Gasteiger partial charge < -0.3 is 5.32 Å². The molecule has 2 aliphatic rings. The van der Waals surface area contributed by atoms with E-state index in [1.54, 1.807) is 0 Å². The number of nitrogens with one attached hydrogen (secondary N) is 1. The maximum absolute atomic E-state index is 11.5. The lowest BCUT2D eigenvalue weighted by Gasteiger charge is -2.08. The highest BCUT2D eigenvalue weighted by molar-refractivity contribution is 6.04. The summed E-state index contributed by atoms with van der Waals surface area (Å²) in [5.41, 5.74) is 0. The van der Waals surface area contributed by atoms with Crippen LogP contribution < -0.4 is 5.32 Å². The molecule has 66 valence electrons. The molecule has 1 saturated heterocycles. The molecule has 1 heterocycles. The summed E-state index contributed by atoms with van der Waals surface area (Å²) in [6.07, 6.45) is 2.16. The van der Waals surface area contributed by atoms with Gasteiger partial charge in [-0.1, -0.05) is 0 Å². The molecule has 3 amide bonds. The lowest BCUT2D eigenvalue weighted by atomic mass is 10.2. The van der Waals surface area contributed by atoms with Gasteiger partial charge in [0.25, 0.3) is 5.91 Å². The summed E-state index contributed by atoms with van der Waals surface area (Å²) >= 11 is 0. The molecule has 1 N–H and O–H groups in total. The van der Waals surface area contributed by atoms with Gasteiger partial charge in [0.2, 0.25) is 0 Å². The van der Waals surface area contributed by atoms with Gasteiger partial charge in [-0.15, -0.1) is 0 Å². The van der Waals surface area contributed by atoms with Crippen molar-refractivity contribution in [3.8, 4) is 0 Å². The smallest absolute Gasteiger partial charge is 0.324 e. The Morgan fingerprint density at radius 3 is 2.58 bits per heavy atom. The average Bonchev–Trinajstić information content (AvgIpc) is 2.80. The number of urea groups is 1. The maximum atomic E-state index is 11.5. The molecule has 0 aromatic carbocycles. The molecule has 12 heavy (non-hydrogen) atoms. The number of amides is 3. The van der Waals surface area contributed by atoms with Gasteiger partial charge in [-0.3, -0.25) is 9.69 Å². The standard InChI is InChI=1S/C8H12N2O2/c1-2-10-7(11)6(5-3-4-5)9-8(10)12/h5-6H,2-4H2,1H3,(H,9,12). The van der Waals surface area contributed by atoms with Crippen LogP contribution in [0.1, 0.15) is 19.8 Å². The first-order valence-electron chi connectivity index (χ1n) is 4.36. The second-order valence-electron chi connectivity index (χ2n) is 3.35. The van der Waals surface area contributed by atoms with Crippen LogP contribution in [0.5, 0.6) is 0 Å². The van der Waals surface area contributed by atoms with E-state index >= 15 is 0 Å². The molecule has 2 rings (SSSR count). The van der Waals surface area contributed by atoms with Crippen molar-refractivity contribution in [1.29, 1.82) is 0 Å². The first-order valence-corrected chi connectivity index (χ1v) is 4.36. The number of likely N-dealkylation sites (N-methyl/N-ethyl adjacent to an activating group) is 1. The summed E-state index contributed by atoms with van der Waals surface area (Å²) in [6, 6.07) is -0.433. The molecule has 0 aromatic rings. The van der Waals surface area contributed by atoms with Crippen LogP contribution in [-0.2, 0) is 4.79 Å². The molecular formula is C8H12N2O2. The van der Waals surface area contributed by atoms with Crippen LogP contribution in [0.2, 0.25) is 0 Å². The largest absolute Gasteiger partial charge is 0.326 e. The second kappa shape index (κ2) is 2.47. The van der Waals surface area contributed by atoms with E-state index in [0.717, 1.165) is 12.8 Å². The van der Waals surface area contributed by atoms with Gasteiger partial charge in [0.15, 0.2) is 0 Å². The van der Waals surface area contributed by atoms with Gasteiger partial charge in [-0.05, 0) is 25.7 Å². The zero-order valence-corrected chi connectivity index (χ0v) is 7.04. The van der Waals surface area contributed by atoms with E-state index in [0.29, 0.717) is 12.5 Å². The quantitative estimate of drug-likeness (QED) is 0.604. The van der Waals surface area contributed by atoms with E-state index < -0.39 is 0 Å². The average molecular weight is 168 g/mol. The number of rotatable bonds is 2. The molecule has 0 bridgehead atoms. The highest BCUT2D eigenvalue weighted by Gasteiger charge is 2.45. The van der Waals surface area contributed by atoms with Gasteiger partial charge in [0.1, 0.15) is 6.04 Å². The van der Waals surface area contributed by atoms with E-state index in [2.05, 4.69) is 5.32 Å². The SMILES string of the molecule is CCN1C(=O)NC(C2CC2)C1=O. The summed E-state index contributed by atoms with van der Waals surface area (Å²) in [7, 11) is 0. The van der Waals surface area contributed by atoms with E-state index in [1.807, 2.05) is 6.92 Å². The molecular weight excluding hydrogens is 156 g/mol. The number of carbonyl (C=O) groups is 2. The van der Waals surface area contributed by atoms with Crippen molar-refractivity contribution in [2.24, 2.45) is 5.92 Å². The highest BCUT2D eigenvalue weighted by atomic mass is 16.2. The van der Waals surface area contributed by atoms with Gasteiger partial charge in [0.05, 0.1) is 0 Å².